The lowest BCUT2D eigenvalue weighted by molar-refractivity contribution is 0.0992. The van der Waals surface area contributed by atoms with E-state index in [0.29, 0.717) is 18.2 Å². The van der Waals surface area contributed by atoms with Crippen LogP contribution in [0.3, 0.4) is 0 Å². The van der Waals surface area contributed by atoms with Gasteiger partial charge in [-0.05, 0) is 44.1 Å². The number of hydrogen-bond donors (Lipinski definition) is 2. The van der Waals surface area contributed by atoms with Crippen LogP contribution in [0.5, 0.6) is 0 Å². The smallest absolute Gasteiger partial charge is 0.191 e. The highest BCUT2D eigenvalue weighted by Gasteiger charge is 2.41. The Balaban J connectivity index is 0.00000243. The van der Waals surface area contributed by atoms with Crippen molar-refractivity contribution in [3.8, 4) is 0 Å². The van der Waals surface area contributed by atoms with Gasteiger partial charge >= 0.3 is 0 Å². The molecule has 2 bridgehead atoms. The van der Waals surface area contributed by atoms with E-state index in [-0.39, 0.29) is 24.0 Å². The topological polar surface area (TPSA) is 54.9 Å². The quantitative estimate of drug-likeness (QED) is 0.251. The molecule has 3 rings (SSSR count). The normalized spacial score (nSPS) is 24.3. The Labute approximate surface area is 174 Å². The Morgan fingerprint density at radius 2 is 2.04 bits per heavy atom. The zero-order valence-corrected chi connectivity index (χ0v) is 18.0. The first-order valence-corrected chi connectivity index (χ1v) is 9.59. The summed E-state index contributed by atoms with van der Waals surface area (Å²) in [6.45, 7) is 2.54. The van der Waals surface area contributed by atoms with Crippen LogP contribution in [-0.4, -0.2) is 51.0 Å². The maximum Gasteiger partial charge on any atom is 0.191 e. The summed E-state index contributed by atoms with van der Waals surface area (Å²) in [7, 11) is 1.83. The Morgan fingerprint density at radius 1 is 1.19 bits per heavy atom. The van der Waals surface area contributed by atoms with Gasteiger partial charge in [0.15, 0.2) is 5.96 Å². The van der Waals surface area contributed by atoms with Crippen molar-refractivity contribution in [1.82, 2.24) is 10.6 Å². The van der Waals surface area contributed by atoms with Crippen LogP contribution in [0.25, 0.3) is 0 Å². The van der Waals surface area contributed by atoms with Crippen molar-refractivity contribution >= 4 is 29.9 Å². The van der Waals surface area contributed by atoms with Crippen molar-refractivity contribution in [2.45, 2.75) is 56.8 Å². The molecule has 2 fully saturated rings. The molecular formula is C20H32IN3O2. The van der Waals surface area contributed by atoms with E-state index in [1.807, 2.05) is 13.1 Å². The molecule has 2 saturated heterocycles. The van der Waals surface area contributed by atoms with Crippen molar-refractivity contribution in [2.75, 3.05) is 26.8 Å². The van der Waals surface area contributed by atoms with Gasteiger partial charge in [0.2, 0.25) is 0 Å². The largest absolute Gasteiger partial charge is 0.381 e. The van der Waals surface area contributed by atoms with Crippen molar-refractivity contribution < 1.29 is 9.47 Å². The summed E-state index contributed by atoms with van der Waals surface area (Å²) in [4.78, 5) is 4.32. The molecule has 2 heterocycles. The van der Waals surface area contributed by atoms with Gasteiger partial charge in [-0.25, -0.2) is 0 Å². The Kier molecular flexibility index (Phi) is 9.71. The van der Waals surface area contributed by atoms with E-state index in [1.165, 1.54) is 18.4 Å². The number of fused-ring (bicyclic) bond motifs is 2. The molecule has 6 heteroatoms. The fourth-order valence-corrected chi connectivity index (χ4v) is 3.63. The second-order valence-corrected chi connectivity index (χ2v) is 6.91. The molecule has 0 aromatic heterocycles. The molecule has 0 amide bonds. The van der Waals surface area contributed by atoms with Gasteiger partial charge in [0.25, 0.3) is 0 Å². The molecule has 2 N–H and O–H groups in total. The SMILES string of the molecule is CN=C(NCCCCOCCc1ccccc1)NC1CC2CCC1O2.I. The minimum absolute atomic E-state index is 0. The lowest BCUT2D eigenvalue weighted by Crippen LogP contribution is -2.47. The first-order valence-electron chi connectivity index (χ1n) is 9.59. The molecule has 0 radical (unpaired) electrons. The maximum atomic E-state index is 5.88. The lowest BCUT2D eigenvalue weighted by Gasteiger charge is -2.22. The van der Waals surface area contributed by atoms with E-state index in [2.05, 4.69) is 39.9 Å². The first-order chi connectivity index (χ1) is 12.3. The summed E-state index contributed by atoms with van der Waals surface area (Å²) in [6, 6.07) is 10.9. The van der Waals surface area contributed by atoms with Crippen LogP contribution in [0.2, 0.25) is 0 Å². The third kappa shape index (κ3) is 6.70. The number of nitrogens with zero attached hydrogens (tertiary/aromatic N) is 1. The third-order valence-electron chi connectivity index (χ3n) is 5.04. The predicted molar refractivity (Wildman–Crippen MR) is 116 cm³/mol. The van der Waals surface area contributed by atoms with Crippen LogP contribution in [0.4, 0.5) is 0 Å². The van der Waals surface area contributed by atoms with Gasteiger partial charge in [-0.2, -0.15) is 0 Å². The van der Waals surface area contributed by atoms with Crippen LogP contribution in [-0.2, 0) is 15.9 Å². The van der Waals surface area contributed by atoms with Gasteiger partial charge in [0.1, 0.15) is 0 Å². The Morgan fingerprint density at radius 3 is 2.73 bits per heavy atom. The summed E-state index contributed by atoms with van der Waals surface area (Å²) >= 11 is 0. The van der Waals surface area contributed by atoms with Crippen LogP contribution < -0.4 is 10.6 Å². The van der Waals surface area contributed by atoms with Gasteiger partial charge < -0.3 is 20.1 Å². The number of benzene rings is 1. The van der Waals surface area contributed by atoms with E-state index in [4.69, 9.17) is 9.47 Å². The number of halogens is 1. The first kappa shape index (κ1) is 21.4. The number of unbranched alkanes of at least 4 members (excludes halogenated alkanes) is 1. The molecule has 1 aromatic carbocycles. The highest BCUT2D eigenvalue weighted by Crippen LogP contribution is 2.34. The molecule has 0 saturated carbocycles. The van der Waals surface area contributed by atoms with Gasteiger partial charge in [0, 0.05) is 20.2 Å². The summed E-state index contributed by atoms with van der Waals surface area (Å²) < 4.78 is 11.6. The number of ether oxygens (including phenoxy) is 2. The van der Waals surface area contributed by atoms with Crippen molar-refractivity contribution in [2.24, 2.45) is 4.99 Å². The molecule has 0 aliphatic carbocycles. The van der Waals surface area contributed by atoms with E-state index in [1.54, 1.807) is 0 Å². The number of guanidine groups is 1. The molecule has 3 atom stereocenters. The Bertz CT molecular complexity index is 541. The summed E-state index contributed by atoms with van der Waals surface area (Å²) in [5.41, 5.74) is 1.34. The zero-order valence-electron chi connectivity index (χ0n) is 15.7. The highest BCUT2D eigenvalue weighted by atomic mass is 127. The van der Waals surface area contributed by atoms with E-state index >= 15 is 0 Å². The average Bonchev–Trinajstić information content (AvgIpc) is 3.26. The molecule has 146 valence electrons. The van der Waals surface area contributed by atoms with E-state index < -0.39 is 0 Å². The minimum atomic E-state index is 0. The van der Waals surface area contributed by atoms with Gasteiger partial charge in [-0.3, -0.25) is 4.99 Å². The van der Waals surface area contributed by atoms with Crippen LogP contribution in [0.1, 0.15) is 37.7 Å². The van der Waals surface area contributed by atoms with Crippen LogP contribution in [0.15, 0.2) is 35.3 Å². The second-order valence-electron chi connectivity index (χ2n) is 6.91. The molecule has 5 nitrogen and oxygen atoms in total. The highest BCUT2D eigenvalue weighted by molar-refractivity contribution is 14.0. The van der Waals surface area contributed by atoms with Crippen LogP contribution in [0, 0.1) is 0 Å². The molecule has 3 unspecified atom stereocenters. The van der Waals surface area contributed by atoms with Gasteiger partial charge in [-0.1, -0.05) is 30.3 Å². The lowest BCUT2D eigenvalue weighted by atomic mass is 9.96. The third-order valence-corrected chi connectivity index (χ3v) is 5.04. The van der Waals surface area contributed by atoms with E-state index in [9.17, 15) is 0 Å². The average molecular weight is 473 g/mol. The summed E-state index contributed by atoms with van der Waals surface area (Å²) in [5, 5.41) is 6.91. The minimum Gasteiger partial charge on any atom is -0.381 e. The number of rotatable bonds is 9. The van der Waals surface area contributed by atoms with Crippen LogP contribution >= 0.6 is 24.0 Å². The number of aliphatic imine (C=N–C) groups is 1. The molecule has 0 spiro atoms. The summed E-state index contributed by atoms with van der Waals surface area (Å²) in [5.74, 6) is 0.895. The predicted octanol–water partition coefficient (Wildman–Crippen LogP) is 3.13. The molecule has 2 aliphatic rings. The number of nitrogens with one attached hydrogen (secondary N) is 2. The van der Waals surface area contributed by atoms with Gasteiger partial charge in [-0.15, -0.1) is 24.0 Å². The number of hydrogen-bond acceptors (Lipinski definition) is 3. The van der Waals surface area contributed by atoms with Gasteiger partial charge in [0.05, 0.1) is 24.9 Å². The fraction of sp³-hybridized carbons (Fsp3) is 0.650. The van der Waals surface area contributed by atoms with Crippen molar-refractivity contribution in [3.63, 3.8) is 0 Å². The molecule has 2 aliphatic heterocycles. The molecule has 1 aromatic rings. The van der Waals surface area contributed by atoms with E-state index in [0.717, 1.165) is 51.4 Å². The maximum absolute atomic E-state index is 5.88. The Hall–Kier alpha value is -0.860. The second kappa shape index (κ2) is 11.8. The van der Waals surface area contributed by atoms with Crippen molar-refractivity contribution in [1.29, 1.82) is 0 Å². The zero-order chi connectivity index (χ0) is 17.3. The summed E-state index contributed by atoms with van der Waals surface area (Å²) in [6.07, 6.45) is 7.49. The molecule has 26 heavy (non-hydrogen) atoms. The molecular weight excluding hydrogens is 441 g/mol. The standard InChI is InChI=1S/C20H31N3O2.HI/c1-21-20(23-18-15-17-9-10-19(18)25-17)22-12-5-6-13-24-14-11-16-7-3-2-4-8-16;/h2-4,7-8,17-19H,5-6,9-15H2,1H3,(H2,21,22,23);1H. The van der Waals surface area contributed by atoms with Crippen molar-refractivity contribution in [3.05, 3.63) is 35.9 Å². The fourth-order valence-electron chi connectivity index (χ4n) is 3.63. The monoisotopic (exact) mass is 473 g/mol.